The van der Waals surface area contributed by atoms with E-state index in [0.29, 0.717) is 0 Å². The van der Waals surface area contributed by atoms with Crippen LogP contribution in [0.2, 0.25) is 0 Å². The van der Waals surface area contributed by atoms with Gasteiger partial charge in [-0.1, -0.05) is 26.7 Å². The van der Waals surface area contributed by atoms with Crippen molar-refractivity contribution in [2.45, 2.75) is 70.9 Å². The maximum atomic E-state index is 4.74. The Morgan fingerprint density at radius 3 is 2.71 bits per heavy atom. The topological polar surface area (TPSA) is 24.9 Å². The van der Waals surface area contributed by atoms with Crippen LogP contribution in [-0.4, -0.2) is 11.0 Å². The Morgan fingerprint density at radius 1 is 1.47 bits per heavy atom. The van der Waals surface area contributed by atoms with Gasteiger partial charge in [0.15, 0.2) is 0 Å². The van der Waals surface area contributed by atoms with Crippen LogP contribution in [-0.2, 0) is 5.54 Å². The molecular formula is C14H24N2S. The molecule has 3 heteroatoms. The van der Waals surface area contributed by atoms with Crippen LogP contribution in [0, 0.1) is 6.92 Å². The summed E-state index contributed by atoms with van der Waals surface area (Å²) in [6.45, 7) is 6.66. The van der Waals surface area contributed by atoms with Gasteiger partial charge in [-0.15, -0.1) is 11.3 Å². The van der Waals surface area contributed by atoms with Gasteiger partial charge in [-0.3, -0.25) is 0 Å². The van der Waals surface area contributed by atoms with Crippen molar-refractivity contribution in [1.82, 2.24) is 10.3 Å². The van der Waals surface area contributed by atoms with Crippen molar-refractivity contribution in [3.8, 4) is 0 Å². The lowest BCUT2D eigenvalue weighted by atomic mass is 9.90. The normalized spacial score (nSPS) is 19.2. The van der Waals surface area contributed by atoms with Crippen LogP contribution in [0.25, 0.3) is 0 Å². The monoisotopic (exact) mass is 252 g/mol. The summed E-state index contributed by atoms with van der Waals surface area (Å²) in [6.07, 6.45) is 7.61. The molecule has 0 bridgehead atoms. The predicted molar refractivity (Wildman–Crippen MR) is 74.5 cm³/mol. The molecular weight excluding hydrogens is 228 g/mol. The molecule has 0 aliphatic heterocycles. The van der Waals surface area contributed by atoms with Gasteiger partial charge in [-0.2, -0.15) is 0 Å². The number of hydrogen-bond donors (Lipinski definition) is 1. The average Bonchev–Trinajstić information content (AvgIpc) is 3.04. The number of aromatic nitrogens is 1. The van der Waals surface area contributed by atoms with E-state index < -0.39 is 0 Å². The number of nitrogens with zero attached hydrogens (tertiary/aromatic N) is 1. The Morgan fingerprint density at radius 2 is 2.24 bits per heavy atom. The molecule has 1 aromatic heterocycles. The number of thiazole rings is 1. The molecule has 1 aliphatic rings. The Hall–Kier alpha value is -0.410. The van der Waals surface area contributed by atoms with E-state index >= 15 is 0 Å². The molecule has 0 spiro atoms. The van der Waals surface area contributed by atoms with E-state index in [4.69, 9.17) is 4.98 Å². The summed E-state index contributed by atoms with van der Waals surface area (Å²) in [5.41, 5.74) is 1.31. The molecule has 1 fully saturated rings. The van der Waals surface area contributed by atoms with Gasteiger partial charge in [-0.25, -0.2) is 4.98 Å². The third-order valence-electron chi connectivity index (χ3n) is 3.65. The van der Waals surface area contributed by atoms with Crippen LogP contribution in [0.3, 0.4) is 0 Å². The molecule has 96 valence electrons. The smallest absolute Gasteiger partial charge is 0.113 e. The summed E-state index contributed by atoms with van der Waals surface area (Å²) in [7, 11) is 0. The second-order valence-corrected chi connectivity index (χ2v) is 6.11. The van der Waals surface area contributed by atoms with Gasteiger partial charge in [0.1, 0.15) is 5.01 Å². The van der Waals surface area contributed by atoms with E-state index in [1.807, 2.05) is 11.3 Å². The molecule has 1 unspecified atom stereocenters. The van der Waals surface area contributed by atoms with Gasteiger partial charge in [0.05, 0.1) is 5.54 Å². The lowest BCUT2D eigenvalue weighted by Crippen LogP contribution is -2.43. The van der Waals surface area contributed by atoms with E-state index in [9.17, 15) is 0 Å². The molecule has 17 heavy (non-hydrogen) atoms. The highest BCUT2D eigenvalue weighted by atomic mass is 32.1. The van der Waals surface area contributed by atoms with Crippen LogP contribution in [0.5, 0.6) is 0 Å². The zero-order chi connectivity index (χ0) is 12.3. The summed E-state index contributed by atoms with van der Waals surface area (Å²) in [6, 6.07) is 0.746. The second-order valence-electron chi connectivity index (χ2n) is 5.25. The van der Waals surface area contributed by atoms with Crippen molar-refractivity contribution in [2.75, 3.05) is 0 Å². The van der Waals surface area contributed by atoms with Crippen molar-refractivity contribution in [2.24, 2.45) is 0 Å². The summed E-state index contributed by atoms with van der Waals surface area (Å²) in [5.74, 6) is 0. The van der Waals surface area contributed by atoms with E-state index in [1.54, 1.807) is 0 Å². The van der Waals surface area contributed by atoms with Gasteiger partial charge in [0.25, 0.3) is 0 Å². The van der Waals surface area contributed by atoms with Crippen molar-refractivity contribution in [3.63, 3.8) is 0 Å². The molecule has 1 heterocycles. The standard InChI is InChI=1S/C14H24N2S/c1-4-6-9-14(5-2,16-12-7-8-12)13-15-11(3)10-17-13/h10,12,16H,4-9H2,1-3H3. The molecule has 1 aliphatic carbocycles. The number of unbranched alkanes of at least 4 members (excludes halogenated alkanes) is 1. The van der Waals surface area contributed by atoms with Crippen LogP contribution >= 0.6 is 11.3 Å². The number of rotatable bonds is 7. The van der Waals surface area contributed by atoms with Gasteiger partial charge < -0.3 is 5.32 Å². The highest BCUT2D eigenvalue weighted by Gasteiger charge is 2.37. The Balaban J connectivity index is 2.18. The second kappa shape index (κ2) is 5.49. The average molecular weight is 252 g/mol. The molecule has 0 amide bonds. The first kappa shape index (κ1) is 13.0. The molecule has 0 radical (unpaired) electrons. The minimum atomic E-state index is 0.149. The lowest BCUT2D eigenvalue weighted by Gasteiger charge is -2.32. The van der Waals surface area contributed by atoms with E-state index in [-0.39, 0.29) is 5.54 Å². The first-order valence-electron chi connectivity index (χ1n) is 6.90. The van der Waals surface area contributed by atoms with Crippen molar-refractivity contribution in [3.05, 3.63) is 16.1 Å². The van der Waals surface area contributed by atoms with Crippen LogP contribution in [0.4, 0.5) is 0 Å². The maximum absolute atomic E-state index is 4.74. The zero-order valence-corrected chi connectivity index (χ0v) is 12.1. The molecule has 0 saturated heterocycles. The van der Waals surface area contributed by atoms with Gasteiger partial charge >= 0.3 is 0 Å². The molecule has 1 atom stereocenters. The number of aryl methyl sites for hydroxylation is 1. The van der Waals surface area contributed by atoms with Crippen LogP contribution in [0.1, 0.15) is 63.1 Å². The fourth-order valence-corrected chi connectivity index (χ4v) is 3.40. The predicted octanol–water partition coefficient (Wildman–Crippen LogP) is 4.00. The summed E-state index contributed by atoms with van der Waals surface area (Å²) in [5, 5.41) is 7.35. The highest BCUT2D eigenvalue weighted by molar-refractivity contribution is 7.09. The SMILES string of the molecule is CCCCC(CC)(NC1CC1)c1nc(C)cs1. The lowest BCUT2D eigenvalue weighted by molar-refractivity contribution is 0.283. The summed E-state index contributed by atoms with van der Waals surface area (Å²) < 4.78 is 0. The molecule has 1 N–H and O–H groups in total. The zero-order valence-electron chi connectivity index (χ0n) is 11.3. The van der Waals surface area contributed by atoms with Crippen LogP contribution in [0.15, 0.2) is 5.38 Å². The fraction of sp³-hybridized carbons (Fsp3) is 0.786. The summed E-state index contributed by atoms with van der Waals surface area (Å²) >= 11 is 1.83. The van der Waals surface area contributed by atoms with E-state index in [1.165, 1.54) is 37.1 Å². The molecule has 1 saturated carbocycles. The Bertz CT molecular complexity index is 357. The quantitative estimate of drug-likeness (QED) is 0.793. The minimum absolute atomic E-state index is 0.149. The number of nitrogens with one attached hydrogen (secondary N) is 1. The van der Waals surface area contributed by atoms with Crippen molar-refractivity contribution in [1.29, 1.82) is 0 Å². The summed E-state index contributed by atoms with van der Waals surface area (Å²) in [4.78, 5) is 4.74. The van der Waals surface area contributed by atoms with Gasteiger partial charge in [-0.05, 0) is 32.6 Å². The van der Waals surface area contributed by atoms with Gasteiger partial charge in [0, 0.05) is 17.1 Å². The van der Waals surface area contributed by atoms with E-state index in [2.05, 4.69) is 31.5 Å². The first-order valence-corrected chi connectivity index (χ1v) is 7.78. The minimum Gasteiger partial charge on any atom is -0.303 e. The van der Waals surface area contributed by atoms with Crippen molar-refractivity contribution >= 4 is 11.3 Å². The van der Waals surface area contributed by atoms with Crippen molar-refractivity contribution < 1.29 is 0 Å². The third-order valence-corrected chi connectivity index (χ3v) is 4.81. The highest BCUT2D eigenvalue weighted by Crippen LogP contribution is 2.36. The molecule has 2 nitrogen and oxygen atoms in total. The fourth-order valence-electron chi connectivity index (χ4n) is 2.34. The van der Waals surface area contributed by atoms with E-state index in [0.717, 1.165) is 18.2 Å². The molecule has 2 rings (SSSR count). The number of hydrogen-bond acceptors (Lipinski definition) is 3. The maximum Gasteiger partial charge on any atom is 0.113 e. The molecule has 1 aromatic rings. The van der Waals surface area contributed by atoms with Crippen LogP contribution < -0.4 is 5.32 Å². The Kier molecular flexibility index (Phi) is 4.21. The molecule has 0 aromatic carbocycles. The Labute approximate surface area is 109 Å². The largest absolute Gasteiger partial charge is 0.303 e. The third kappa shape index (κ3) is 3.08. The van der Waals surface area contributed by atoms with Gasteiger partial charge in [0.2, 0.25) is 0 Å². The first-order chi connectivity index (χ1) is 8.20.